The van der Waals surface area contributed by atoms with Crippen LogP contribution in [0.15, 0.2) is 42.7 Å². The molecule has 30 heavy (non-hydrogen) atoms. The van der Waals surface area contributed by atoms with E-state index in [1.165, 1.54) is 29.1 Å². The molecule has 0 amide bonds. The van der Waals surface area contributed by atoms with Crippen LogP contribution >= 0.6 is 11.8 Å². The Kier molecular flexibility index (Phi) is 6.01. The number of fused-ring (bicyclic) bond motifs is 1. The molecular formula is C24H31N3O2S. The Morgan fingerprint density at radius 2 is 2.10 bits per heavy atom. The Hall–Kier alpha value is -1.60. The molecule has 1 aromatic heterocycles. The summed E-state index contributed by atoms with van der Waals surface area (Å²) < 4.78 is 6.06. The minimum absolute atomic E-state index is 0.695. The van der Waals surface area contributed by atoms with Gasteiger partial charge in [-0.25, -0.2) is 0 Å². The van der Waals surface area contributed by atoms with Gasteiger partial charge in [0.15, 0.2) is 0 Å². The highest BCUT2D eigenvalue weighted by Crippen LogP contribution is 2.34. The van der Waals surface area contributed by atoms with Gasteiger partial charge in [-0.15, -0.1) is 0 Å². The molecular weight excluding hydrogens is 394 g/mol. The number of benzene rings is 1. The largest absolute Gasteiger partial charge is 0.492 e. The van der Waals surface area contributed by atoms with Crippen LogP contribution in [-0.4, -0.2) is 63.7 Å². The number of nitrogens with zero attached hydrogens (tertiary/aromatic N) is 3. The predicted molar refractivity (Wildman–Crippen MR) is 121 cm³/mol. The molecule has 5 nitrogen and oxygen atoms in total. The molecule has 6 heteroatoms. The van der Waals surface area contributed by atoms with Crippen LogP contribution < -0.4 is 4.74 Å². The van der Waals surface area contributed by atoms with Crippen LogP contribution in [0.2, 0.25) is 0 Å². The van der Waals surface area contributed by atoms with Gasteiger partial charge >= 0.3 is 0 Å². The Balaban J connectivity index is 1.23. The molecule has 1 unspecified atom stereocenters. The molecule has 0 bridgehead atoms. The van der Waals surface area contributed by atoms with Crippen LogP contribution in [0.25, 0.3) is 0 Å². The van der Waals surface area contributed by atoms with Gasteiger partial charge in [0.05, 0.1) is 5.60 Å². The summed E-state index contributed by atoms with van der Waals surface area (Å²) in [6.45, 7) is 5.51. The fourth-order valence-corrected chi connectivity index (χ4v) is 6.21. The lowest BCUT2D eigenvalue weighted by Crippen LogP contribution is -2.42. The van der Waals surface area contributed by atoms with Gasteiger partial charge in [-0.1, -0.05) is 12.1 Å². The van der Waals surface area contributed by atoms with E-state index < -0.39 is 5.60 Å². The molecule has 0 spiro atoms. The second-order valence-corrected chi connectivity index (χ2v) is 9.98. The maximum absolute atomic E-state index is 11.1. The molecule has 1 N–H and O–H groups in total. The van der Waals surface area contributed by atoms with Gasteiger partial charge in [0.1, 0.15) is 12.4 Å². The lowest BCUT2D eigenvalue weighted by atomic mass is 9.85. The third kappa shape index (κ3) is 4.37. The van der Waals surface area contributed by atoms with Crippen molar-refractivity contribution >= 4 is 11.8 Å². The Labute approximate surface area is 183 Å². The summed E-state index contributed by atoms with van der Waals surface area (Å²) in [6, 6.07) is 11.3. The fraction of sp³-hybridized carbons (Fsp3) is 0.542. The molecule has 1 aromatic carbocycles. The predicted octanol–water partition coefficient (Wildman–Crippen LogP) is 3.27. The smallest absolute Gasteiger partial charge is 0.123 e. The van der Waals surface area contributed by atoms with Crippen molar-refractivity contribution in [1.82, 2.24) is 14.8 Å². The van der Waals surface area contributed by atoms with E-state index in [1.807, 2.05) is 12.1 Å². The van der Waals surface area contributed by atoms with E-state index in [0.717, 1.165) is 63.5 Å². The summed E-state index contributed by atoms with van der Waals surface area (Å²) in [5.41, 5.74) is 2.86. The summed E-state index contributed by atoms with van der Waals surface area (Å²) in [7, 11) is 0. The highest BCUT2D eigenvalue weighted by atomic mass is 32.2. The second-order valence-electron chi connectivity index (χ2n) is 8.83. The van der Waals surface area contributed by atoms with E-state index >= 15 is 0 Å². The van der Waals surface area contributed by atoms with Crippen molar-refractivity contribution in [2.75, 3.05) is 37.7 Å². The number of aliphatic hydroxyl groups is 1. The zero-order valence-corrected chi connectivity index (χ0v) is 18.3. The Morgan fingerprint density at radius 3 is 2.87 bits per heavy atom. The molecule has 3 aliphatic heterocycles. The quantitative estimate of drug-likeness (QED) is 0.811. The van der Waals surface area contributed by atoms with Crippen LogP contribution in [0.1, 0.15) is 36.0 Å². The number of hydrogen-bond acceptors (Lipinski definition) is 6. The maximum Gasteiger partial charge on any atom is 0.123 e. The maximum atomic E-state index is 11.1. The number of hydrogen-bond donors (Lipinski definition) is 1. The number of rotatable bonds is 4. The van der Waals surface area contributed by atoms with Gasteiger partial charge < -0.3 is 9.84 Å². The van der Waals surface area contributed by atoms with Crippen LogP contribution in [0.4, 0.5) is 0 Å². The standard InChI is InChI=1S/C24H31N3O2S/c28-24(21-2-1-8-25-15-21)6-9-26(10-7-24)16-19-3-4-23-20(14-19)17-27(11-12-29-23)22-5-13-30-18-22/h1-4,8,14-15,22,28H,5-7,9-13,16-18H2. The molecule has 1 atom stereocenters. The average molecular weight is 426 g/mol. The van der Waals surface area contributed by atoms with E-state index in [2.05, 4.69) is 44.7 Å². The monoisotopic (exact) mass is 425 g/mol. The summed E-state index contributed by atoms with van der Waals surface area (Å²) in [4.78, 5) is 9.25. The summed E-state index contributed by atoms with van der Waals surface area (Å²) in [5, 5.41) is 11.1. The number of thioether (sulfide) groups is 1. The molecule has 0 aliphatic carbocycles. The second kappa shape index (κ2) is 8.87. The van der Waals surface area contributed by atoms with E-state index in [9.17, 15) is 5.11 Å². The van der Waals surface area contributed by atoms with Gasteiger partial charge in [0, 0.05) is 68.0 Å². The van der Waals surface area contributed by atoms with Crippen LogP contribution in [0, 0.1) is 0 Å². The van der Waals surface area contributed by atoms with Crippen molar-refractivity contribution in [3.05, 3.63) is 59.4 Å². The molecule has 0 saturated carbocycles. The van der Waals surface area contributed by atoms with Crippen molar-refractivity contribution in [3.63, 3.8) is 0 Å². The SMILES string of the molecule is OC1(c2cccnc2)CCN(Cc2ccc3c(c2)CN(C2CCSC2)CCO3)CC1. The van der Waals surface area contributed by atoms with Crippen molar-refractivity contribution in [3.8, 4) is 5.75 Å². The number of ether oxygens (including phenoxy) is 1. The van der Waals surface area contributed by atoms with Gasteiger partial charge in [-0.2, -0.15) is 11.8 Å². The zero-order valence-electron chi connectivity index (χ0n) is 17.5. The molecule has 3 aliphatic rings. The minimum atomic E-state index is -0.744. The van der Waals surface area contributed by atoms with Gasteiger partial charge in [0.2, 0.25) is 0 Å². The van der Waals surface area contributed by atoms with Gasteiger partial charge in [-0.3, -0.25) is 14.8 Å². The van der Waals surface area contributed by atoms with Crippen molar-refractivity contribution < 1.29 is 9.84 Å². The first-order valence-electron chi connectivity index (χ1n) is 11.1. The first kappa shape index (κ1) is 20.3. The van der Waals surface area contributed by atoms with E-state index in [-0.39, 0.29) is 0 Å². The number of likely N-dealkylation sites (tertiary alicyclic amines) is 1. The van der Waals surface area contributed by atoms with Crippen molar-refractivity contribution in [2.45, 2.75) is 44.0 Å². The minimum Gasteiger partial charge on any atom is -0.492 e. The molecule has 4 heterocycles. The molecule has 160 valence electrons. The molecule has 2 aromatic rings. The summed E-state index contributed by atoms with van der Waals surface area (Å²) >= 11 is 2.08. The highest BCUT2D eigenvalue weighted by Gasteiger charge is 2.34. The zero-order chi connectivity index (χ0) is 20.4. The van der Waals surface area contributed by atoms with Crippen molar-refractivity contribution in [2.24, 2.45) is 0 Å². The summed E-state index contributed by atoms with van der Waals surface area (Å²) in [5.74, 6) is 3.59. The number of aromatic nitrogens is 1. The van der Waals surface area contributed by atoms with Gasteiger partial charge in [-0.05, 0) is 48.8 Å². The van der Waals surface area contributed by atoms with Crippen LogP contribution in [-0.2, 0) is 18.7 Å². The van der Waals surface area contributed by atoms with Gasteiger partial charge in [0.25, 0.3) is 0 Å². The third-order valence-electron chi connectivity index (χ3n) is 6.84. The summed E-state index contributed by atoms with van der Waals surface area (Å²) in [6.07, 6.45) is 6.36. The lowest BCUT2D eigenvalue weighted by molar-refractivity contribution is -0.0279. The number of piperidine rings is 1. The molecule has 2 saturated heterocycles. The average Bonchev–Trinajstić information content (AvgIpc) is 3.23. The fourth-order valence-electron chi connectivity index (χ4n) is 4.95. The van der Waals surface area contributed by atoms with Crippen molar-refractivity contribution in [1.29, 1.82) is 0 Å². The molecule has 2 fully saturated rings. The first-order chi connectivity index (χ1) is 14.7. The molecule has 0 radical (unpaired) electrons. The molecule has 5 rings (SSSR count). The highest BCUT2D eigenvalue weighted by molar-refractivity contribution is 7.99. The lowest BCUT2D eigenvalue weighted by Gasteiger charge is -2.38. The topological polar surface area (TPSA) is 48.8 Å². The van der Waals surface area contributed by atoms with Crippen LogP contribution in [0.5, 0.6) is 5.75 Å². The van der Waals surface area contributed by atoms with E-state index in [1.54, 1.807) is 12.4 Å². The Morgan fingerprint density at radius 1 is 1.20 bits per heavy atom. The van der Waals surface area contributed by atoms with Crippen LogP contribution in [0.3, 0.4) is 0 Å². The van der Waals surface area contributed by atoms with E-state index in [4.69, 9.17) is 4.74 Å². The third-order valence-corrected chi connectivity index (χ3v) is 7.99. The normalized spacial score (nSPS) is 24.8. The first-order valence-corrected chi connectivity index (χ1v) is 12.3. The van der Waals surface area contributed by atoms with E-state index in [0.29, 0.717) is 6.04 Å². The number of pyridine rings is 1. The Bertz CT molecular complexity index is 849.